The van der Waals surface area contributed by atoms with Crippen LogP contribution in [0.25, 0.3) is 0 Å². The molecule has 0 aliphatic rings. The van der Waals surface area contributed by atoms with E-state index in [2.05, 4.69) is 15.3 Å². The van der Waals surface area contributed by atoms with Crippen LogP contribution in [0.1, 0.15) is 11.3 Å². The molecule has 0 radical (unpaired) electrons. The fourth-order valence-corrected chi connectivity index (χ4v) is 2.09. The fourth-order valence-electron chi connectivity index (χ4n) is 2.09. The smallest absolute Gasteiger partial charge is 0.258 e. The van der Waals surface area contributed by atoms with Crippen LogP contribution in [0, 0.1) is 0 Å². The number of hydrogen-bond donors (Lipinski definition) is 3. The van der Waals surface area contributed by atoms with Crippen molar-refractivity contribution in [3.8, 4) is 0 Å². The number of nitrogens with one attached hydrogen (secondary N) is 2. The SMILES string of the molecule is NC(Cc1ccccc1)C(=O)NC(Cc1cnc[nH]1)C(F)F. The van der Waals surface area contributed by atoms with Crippen LogP contribution in [0.5, 0.6) is 0 Å². The number of carbonyl (C=O) groups excluding carboxylic acids is 1. The molecule has 0 saturated carbocycles. The van der Waals surface area contributed by atoms with Crippen LogP contribution in [0.4, 0.5) is 8.78 Å². The summed E-state index contributed by atoms with van der Waals surface area (Å²) < 4.78 is 26.1. The number of halogens is 2. The maximum absolute atomic E-state index is 13.1. The van der Waals surface area contributed by atoms with Crippen LogP contribution in [0.2, 0.25) is 0 Å². The number of rotatable bonds is 7. The lowest BCUT2D eigenvalue weighted by atomic mass is 10.1. The molecule has 5 nitrogen and oxygen atoms in total. The molecule has 0 fully saturated rings. The summed E-state index contributed by atoms with van der Waals surface area (Å²) in [4.78, 5) is 18.5. The molecular formula is C15H18F2N4O. The minimum Gasteiger partial charge on any atom is -0.348 e. The molecule has 118 valence electrons. The molecule has 2 rings (SSSR count). The zero-order chi connectivity index (χ0) is 15.9. The molecule has 7 heteroatoms. The zero-order valence-corrected chi connectivity index (χ0v) is 11.9. The van der Waals surface area contributed by atoms with Crippen molar-refractivity contribution in [2.24, 2.45) is 5.73 Å². The Labute approximate surface area is 126 Å². The van der Waals surface area contributed by atoms with Crippen LogP contribution in [-0.2, 0) is 17.6 Å². The highest BCUT2D eigenvalue weighted by Crippen LogP contribution is 2.08. The predicted molar refractivity (Wildman–Crippen MR) is 78.3 cm³/mol. The maximum atomic E-state index is 13.1. The number of aromatic amines is 1. The zero-order valence-electron chi connectivity index (χ0n) is 11.9. The fraction of sp³-hybridized carbons (Fsp3) is 0.333. The molecule has 2 atom stereocenters. The molecule has 0 bridgehead atoms. The van der Waals surface area contributed by atoms with Crippen molar-refractivity contribution in [2.45, 2.75) is 31.4 Å². The molecule has 0 aliphatic carbocycles. The summed E-state index contributed by atoms with van der Waals surface area (Å²) in [7, 11) is 0. The van der Waals surface area contributed by atoms with Gasteiger partial charge in [-0.25, -0.2) is 13.8 Å². The molecule has 0 saturated heterocycles. The van der Waals surface area contributed by atoms with E-state index < -0.39 is 24.4 Å². The monoisotopic (exact) mass is 308 g/mol. The number of alkyl halides is 2. The van der Waals surface area contributed by atoms with Gasteiger partial charge in [-0.3, -0.25) is 4.79 Å². The molecule has 1 heterocycles. The van der Waals surface area contributed by atoms with Crippen LogP contribution in [-0.4, -0.2) is 34.4 Å². The lowest BCUT2D eigenvalue weighted by Gasteiger charge is -2.20. The molecule has 1 aromatic carbocycles. The predicted octanol–water partition coefficient (Wildman–Crippen LogP) is 1.27. The van der Waals surface area contributed by atoms with E-state index >= 15 is 0 Å². The third-order valence-electron chi connectivity index (χ3n) is 3.26. The standard InChI is InChI=1S/C15H18F2N4O/c16-14(17)13(7-11-8-19-9-20-11)21-15(22)12(18)6-10-4-2-1-3-5-10/h1-5,8-9,12-14H,6-7,18H2,(H,19,20)(H,21,22). The van der Waals surface area contributed by atoms with Gasteiger partial charge in [0.1, 0.15) is 0 Å². The van der Waals surface area contributed by atoms with Gasteiger partial charge in [0.25, 0.3) is 6.43 Å². The van der Waals surface area contributed by atoms with Gasteiger partial charge in [-0.1, -0.05) is 30.3 Å². The van der Waals surface area contributed by atoms with Gasteiger partial charge in [-0.05, 0) is 12.0 Å². The third-order valence-corrected chi connectivity index (χ3v) is 3.26. The molecule has 2 aromatic rings. The summed E-state index contributed by atoms with van der Waals surface area (Å²) in [5.41, 5.74) is 7.21. The minimum absolute atomic E-state index is 0.0263. The average molecular weight is 308 g/mol. The summed E-state index contributed by atoms with van der Waals surface area (Å²) in [6.07, 6.45) is 0.441. The number of amides is 1. The van der Waals surface area contributed by atoms with E-state index in [-0.39, 0.29) is 6.42 Å². The average Bonchev–Trinajstić information content (AvgIpc) is 3.00. The summed E-state index contributed by atoms with van der Waals surface area (Å²) in [5.74, 6) is -0.589. The molecular weight excluding hydrogens is 290 g/mol. The molecule has 22 heavy (non-hydrogen) atoms. The molecule has 4 N–H and O–H groups in total. The third kappa shape index (κ3) is 4.63. The normalized spacial score (nSPS) is 13.8. The van der Waals surface area contributed by atoms with Crippen LogP contribution in [0.15, 0.2) is 42.9 Å². The Hall–Kier alpha value is -2.28. The van der Waals surface area contributed by atoms with Crippen LogP contribution < -0.4 is 11.1 Å². The molecule has 1 amide bonds. The van der Waals surface area contributed by atoms with Gasteiger partial charge in [0.05, 0.1) is 18.4 Å². The highest BCUT2D eigenvalue weighted by molar-refractivity contribution is 5.82. The Bertz CT molecular complexity index is 574. The van der Waals surface area contributed by atoms with E-state index in [0.717, 1.165) is 5.56 Å². The van der Waals surface area contributed by atoms with Gasteiger partial charge < -0.3 is 16.0 Å². The molecule has 2 unspecified atom stereocenters. The second-order valence-corrected chi connectivity index (χ2v) is 5.03. The van der Waals surface area contributed by atoms with E-state index in [1.165, 1.54) is 12.5 Å². The number of nitrogens with two attached hydrogens (primary N) is 1. The van der Waals surface area contributed by atoms with Crippen molar-refractivity contribution < 1.29 is 13.6 Å². The number of carbonyl (C=O) groups is 1. The number of H-pyrrole nitrogens is 1. The highest BCUT2D eigenvalue weighted by atomic mass is 19.3. The van der Waals surface area contributed by atoms with E-state index in [9.17, 15) is 13.6 Å². The Morgan fingerprint density at radius 2 is 2.00 bits per heavy atom. The minimum atomic E-state index is -2.68. The number of benzene rings is 1. The van der Waals surface area contributed by atoms with Gasteiger partial charge in [-0.2, -0.15) is 0 Å². The van der Waals surface area contributed by atoms with E-state index in [1.807, 2.05) is 30.3 Å². The Morgan fingerprint density at radius 3 is 2.59 bits per heavy atom. The summed E-state index contributed by atoms with van der Waals surface area (Å²) in [5, 5.41) is 2.31. The first-order valence-corrected chi connectivity index (χ1v) is 6.91. The Kier molecular flexibility index (Phi) is 5.60. The first-order chi connectivity index (χ1) is 10.6. The van der Waals surface area contributed by atoms with Gasteiger partial charge in [0.2, 0.25) is 5.91 Å². The Balaban J connectivity index is 1.92. The lowest BCUT2D eigenvalue weighted by Crippen LogP contribution is -2.49. The van der Waals surface area contributed by atoms with Crippen molar-refractivity contribution in [1.29, 1.82) is 0 Å². The van der Waals surface area contributed by atoms with Crippen LogP contribution >= 0.6 is 0 Å². The van der Waals surface area contributed by atoms with E-state index in [4.69, 9.17) is 5.73 Å². The molecule has 1 aromatic heterocycles. The van der Waals surface area contributed by atoms with Gasteiger partial charge in [-0.15, -0.1) is 0 Å². The molecule has 0 spiro atoms. The summed E-state index contributed by atoms with van der Waals surface area (Å²) in [6, 6.07) is 7.03. The lowest BCUT2D eigenvalue weighted by molar-refractivity contribution is -0.124. The van der Waals surface area contributed by atoms with Crippen molar-refractivity contribution in [2.75, 3.05) is 0 Å². The van der Waals surface area contributed by atoms with Crippen molar-refractivity contribution in [3.05, 3.63) is 54.1 Å². The first-order valence-electron chi connectivity index (χ1n) is 6.91. The van der Waals surface area contributed by atoms with Crippen molar-refractivity contribution in [3.63, 3.8) is 0 Å². The number of nitrogens with zero attached hydrogens (tertiary/aromatic N) is 1. The topological polar surface area (TPSA) is 83.8 Å². The van der Waals surface area contributed by atoms with Crippen LogP contribution in [0.3, 0.4) is 0 Å². The van der Waals surface area contributed by atoms with Gasteiger partial charge in [0, 0.05) is 18.3 Å². The number of hydrogen-bond acceptors (Lipinski definition) is 3. The van der Waals surface area contributed by atoms with Gasteiger partial charge >= 0.3 is 0 Å². The summed E-state index contributed by atoms with van der Waals surface area (Å²) in [6.45, 7) is 0. The maximum Gasteiger partial charge on any atom is 0.258 e. The summed E-state index contributed by atoms with van der Waals surface area (Å²) >= 11 is 0. The second kappa shape index (κ2) is 7.65. The van der Waals surface area contributed by atoms with E-state index in [1.54, 1.807) is 0 Å². The molecule has 0 aliphatic heterocycles. The highest BCUT2D eigenvalue weighted by Gasteiger charge is 2.25. The van der Waals surface area contributed by atoms with Crippen molar-refractivity contribution >= 4 is 5.91 Å². The van der Waals surface area contributed by atoms with E-state index in [0.29, 0.717) is 12.1 Å². The second-order valence-electron chi connectivity index (χ2n) is 5.03. The largest absolute Gasteiger partial charge is 0.348 e. The van der Waals surface area contributed by atoms with Crippen molar-refractivity contribution in [1.82, 2.24) is 15.3 Å². The number of imidazole rings is 1. The van der Waals surface area contributed by atoms with Gasteiger partial charge in [0.15, 0.2) is 0 Å². The number of aromatic nitrogens is 2. The first kappa shape index (κ1) is 16.1. The Morgan fingerprint density at radius 1 is 1.27 bits per heavy atom. The quantitative estimate of drug-likeness (QED) is 0.720.